The molecule has 1 aliphatic heterocycles. The Hall–Kier alpha value is -1.60. The summed E-state index contributed by atoms with van der Waals surface area (Å²) >= 11 is 0. The van der Waals surface area contributed by atoms with Gasteiger partial charge in [-0.05, 0) is 13.8 Å². The van der Waals surface area contributed by atoms with Gasteiger partial charge in [0.1, 0.15) is 12.7 Å². The summed E-state index contributed by atoms with van der Waals surface area (Å²) in [6.07, 6.45) is 0.142. The first kappa shape index (κ1) is 13.4. The van der Waals surface area contributed by atoms with Gasteiger partial charge in [-0.25, -0.2) is 4.79 Å². The highest BCUT2D eigenvalue weighted by molar-refractivity contribution is 5.86. The zero-order valence-electron chi connectivity index (χ0n) is 9.08. The Morgan fingerprint density at radius 2 is 2.07 bits per heavy atom. The van der Waals surface area contributed by atoms with Crippen LogP contribution in [0.2, 0.25) is 0 Å². The Labute approximate surface area is 89.8 Å². The number of esters is 1. The molecule has 0 spiro atoms. The highest BCUT2D eigenvalue weighted by atomic mass is 16.6. The normalized spacial score (nSPS) is 16.5. The Morgan fingerprint density at radius 1 is 1.60 bits per heavy atom. The van der Waals surface area contributed by atoms with Crippen molar-refractivity contribution in [1.29, 1.82) is 5.26 Å². The summed E-state index contributed by atoms with van der Waals surface area (Å²) in [5.74, 6) is -0.337. The minimum Gasteiger partial charge on any atom is -0.459 e. The lowest BCUT2D eigenvalue weighted by Gasteiger charge is -1.99. The lowest BCUT2D eigenvalue weighted by Crippen LogP contribution is -2.09. The highest BCUT2D eigenvalue weighted by Gasteiger charge is 2.24. The first-order valence-corrected chi connectivity index (χ1v) is 4.47. The number of allylic oxidation sites excluding steroid dienone is 1. The molecule has 82 valence electrons. The van der Waals surface area contributed by atoms with Crippen molar-refractivity contribution in [1.82, 2.24) is 0 Å². The second kappa shape index (κ2) is 6.80. The first-order chi connectivity index (χ1) is 6.97. The van der Waals surface area contributed by atoms with Gasteiger partial charge in [-0.2, -0.15) is 5.26 Å². The van der Waals surface area contributed by atoms with Crippen LogP contribution in [0.5, 0.6) is 0 Å². The molecule has 1 saturated heterocycles. The second-order valence-corrected chi connectivity index (χ2v) is 3.23. The maximum absolute atomic E-state index is 10.7. The van der Waals surface area contributed by atoms with Crippen LogP contribution in [0, 0.1) is 11.3 Å². The van der Waals surface area contributed by atoms with Crippen molar-refractivity contribution in [3.8, 4) is 6.07 Å². The van der Waals surface area contributed by atoms with E-state index in [0.717, 1.165) is 0 Å². The number of carbonyl (C=O) groups is 1. The van der Waals surface area contributed by atoms with Crippen LogP contribution >= 0.6 is 0 Å². The minimum absolute atomic E-state index is 0.142. The van der Waals surface area contributed by atoms with Gasteiger partial charge in [-0.15, -0.1) is 0 Å². The van der Waals surface area contributed by atoms with E-state index in [9.17, 15) is 4.79 Å². The molecule has 0 aromatic rings. The number of epoxide rings is 1. The van der Waals surface area contributed by atoms with Crippen molar-refractivity contribution in [2.24, 2.45) is 0 Å². The number of ether oxygens (including phenoxy) is 2. The Morgan fingerprint density at radius 3 is 2.33 bits per heavy atom. The van der Waals surface area contributed by atoms with Crippen LogP contribution < -0.4 is 0 Å². The molecule has 1 rings (SSSR count). The maximum atomic E-state index is 10.7. The molecule has 0 radical (unpaired) electrons. The number of hydrogen-bond donors (Lipinski definition) is 0. The van der Waals surface area contributed by atoms with E-state index in [2.05, 4.69) is 13.2 Å². The Balaban J connectivity index is 0.000000336. The van der Waals surface area contributed by atoms with Crippen LogP contribution in [0.1, 0.15) is 13.8 Å². The van der Waals surface area contributed by atoms with Gasteiger partial charge in [0.05, 0.1) is 12.7 Å². The third-order valence-electron chi connectivity index (χ3n) is 1.34. The number of rotatable bonds is 3. The molecule has 15 heavy (non-hydrogen) atoms. The topological polar surface area (TPSA) is 62.6 Å². The van der Waals surface area contributed by atoms with Gasteiger partial charge < -0.3 is 9.47 Å². The number of nitrogens with zero attached hydrogens (tertiary/aromatic N) is 1. The standard InChI is InChI=1S/C7H10O3.C4H5N/c1-5(2)7(8)10-4-6-3-9-6;1-4(2)3-5/h6H,1,3-4H2,2H3;1H2,2H3. The van der Waals surface area contributed by atoms with E-state index in [-0.39, 0.29) is 12.1 Å². The van der Waals surface area contributed by atoms with Gasteiger partial charge in [-0.1, -0.05) is 13.2 Å². The second-order valence-electron chi connectivity index (χ2n) is 3.23. The smallest absolute Gasteiger partial charge is 0.333 e. The number of nitriles is 1. The van der Waals surface area contributed by atoms with Crippen molar-refractivity contribution in [2.45, 2.75) is 20.0 Å². The van der Waals surface area contributed by atoms with Crippen molar-refractivity contribution in [3.05, 3.63) is 24.3 Å². The summed E-state index contributed by atoms with van der Waals surface area (Å²) in [6, 6.07) is 1.83. The predicted molar refractivity (Wildman–Crippen MR) is 55.9 cm³/mol. The number of carbonyl (C=O) groups excluding carboxylic acids is 1. The third kappa shape index (κ3) is 8.72. The average Bonchev–Trinajstić information content (AvgIpc) is 2.98. The van der Waals surface area contributed by atoms with Crippen LogP contribution in [-0.2, 0) is 14.3 Å². The van der Waals surface area contributed by atoms with Crippen molar-refractivity contribution in [2.75, 3.05) is 13.2 Å². The lowest BCUT2D eigenvalue weighted by atomic mass is 10.4. The molecular weight excluding hydrogens is 194 g/mol. The quantitative estimate of drug-likeness (QED) is 0.306. The molecule has 0 aromatic heterocycles. The monoisotopic (exact) mass is 209 g/mol. The van der Waals surface area contributed by atoms with E-state index in [4.69, 9.17) is 14.7 Å². The molecule has 0 N–H and O–H groups in total. The molecule has 4 nitrogen and oxygen atoms in total. The number of hydrogen-bond acceptors (Lipinski definition) is 4. The summed E-state index contributed by atoms with van der Waals surface area (Å²) in [4.78, 5) is 10.7. The summed E-state index contributed by atoms with van der Waals surface area (Å²) in [6.45, 7) is 11.1. The van der Waals surface area contributed by atoms with Gasteiger partial charge in [0, 0.05) is 11.1 Å². The fourth-order valence-corrected chi connectivity index (χ4v) is 0.456. The summed E-state index contributed by atoms with van der Waals surface area (Å²) in [7, 11) is 0. The van der Waals surface area contributed by atoms with Gasteiger partial charge >= 0.3 is 5.97 Å². The van der Waals surface area contributed by atoms with E-state index in [1.165, 1.54) is 0 Å². The largest absolute Gasteiger partial charge is 0.459 e. The van der Waals surface area contributed by atoms with Gasteiger partial charge in [0.25, 0.3) is 0 Å². The van der Waals surface area contributed by atoms with Crippen molar-refractivity contribution in [3.63, 3.8) is 0 Å². The third-order valence-corrected chi connectivity index (χ3v) is 1.34. The van der Waals surface area contributed by atoms with Crippen LogP contribution in [0.4, 0.5) is 0 Å². The molecule has 1 atom stereocenters. The van der Waals surface area contributed by atoms with Crippen LogP contribution in [0.25, 0.3) is 0 Å². The Kier molecular flexibility index (Phi) is 6.07. The molecular formula is C11H15NO3. The molecule has 0 aliphatic carbocycles. The van der Waals surface area contributed by atoms with Crippen LogP contribution in [-0.4, -0.2) is 25.3 Å². The van der Waals surface area contributed by atoms with E-state index in [1.807, 2.05) is 6.07 Å². The molecule has 1 heterocycles. The molecule has 1 fully saturated rings. The molecule has 1 unspecified atom stereocenters. The Bertz CT molecular complexity index is 297. The lowest BCUT2D eigenvalue weighted by molar-refractivity contribution is -0.139. The molecule has 0 bridgehead atoms. The molecule has 0 aromatic carbocycles. The van der Waals surface area contributed by atoms with E-state index in [0.29, 0.717) is 24.4 Å². The van der Waals surface area contributed by atoms with Crippen molar-refractivity contribution < 1.29 is 14.3 Å². The SMILES string of the molecule is C=C(C)C#N.C=C(C)C(=O)OCC1CO1. The predicted octanol–water partition coefficient (Wildman–Crippen LogP) is 1.59. The fraction of sp³-hybridized carbons (Fsp3) is 0.455. The molecule has 1 aliphatic rings. The molecule has 0 amide bonds. The van der Waals surface area contributed by atoms with Gasteiger partial charge in [0.2, 0.25) is 0 Å². The maximum Gasteiger partial charge on any atom is 0.333 e. The van der Waals surface area contributed by atoms with Crippen LogP contribution in [0.3, 0.4) is 0 Å². The zero-order valence-corrected chi connectivity index (χ0v) is 9.08. The highest BCUT2D eigenvalue weighted by Crippen LogP contribution is 2.09. The van der Waals surface area contributed by atoms with Gasteiger partial charge in [0.15, 0.2) is 0 Å². The van der Waals surface area contributed by atoms with E-state index < -0.39 is 0 Å². The summed E-state index contributed by atoms with van der Waals surface area (Å²) in [5, 5.41) is 7.79. The first-order valence-electron chi connectivity index (χ1n) is 4.47. The minimum atomic E-state index is -0.337. The summed E-state index contributed by atoms with van der Waals surface area (Å²) in [5.41, 5.74) is 0.991. The van der Waals surface area contributed by atoms with Crippen molar-refractivity contribution >= 4 is 5.97 Å². The van der Waals surface area contributed by atoms with Crippen LogP contribution in [0.15, 0.2) is 24.3 Å². The zero-order chi connectivity index (χ0) is 11.8. The summed E-state index contributed by atoms with van der Waals surface area (Å²) < 4.78 is 9.60. The fourth-order valence-electron chi connectivity index (χ4n) is 0.456. The van der Waals surface area contributed by atoms with Gasteiger partial charge in [-0.3, -0.25) is 0 Å². The average molecular weight is 209 g/mol. The molecule has 4 heteroatoms. The van der Waals surface area contributed by atoms with E-state index in [1.54, 1.807) is 13.8 Å². The van der Waals surface area contributed by atoms with E-state index >= 15 is 0 Å². The molecule has 0 saturated carbocycles.